The summed E-state index contributed by atoms with van der Waals surface area (Å²) in [4.78, 5) is 24.3. The number of hydrogen-bond acceptors (Lipinski definition) is 4. The first-order valence-electron chi connectivity index (χ1n) is 8.56. The molecule has 3 N–H and O–H groups in total. The molecule has 0 aromatic heterocycles. The predicted octanol–water partition coefficient (Wildman–Crippen LogP) is 2.71. The van der Waals surface area contributed by atoms with Crippen molar-refractivity contribution in [2.45, 2.75) is 51.0 Å². The average molecular weight is 399 g/mol. The number of nitrogens with one attached hydrogen (secondary N) is 3. The molecule has 8 heteroatoms. The Morgan fingerprint density at radius 2 is 1.92 bits per heavy atom. The molecule has 0 unspecified atom stereocenters. The van der Waals surface area contributed by atoms with Crippen molar-refractivity contribution in [2.24, 2.45) is 5.92 Å². The Labute approximate surface area is 162 Å². The molecule has 26 heavy (non-hydrogen) atoms. The second-order valence-electron chi connectivity index (χ2n) is 6.74. The van der Waals surface area contributed by atoms with Crippen LogP contribution in [-0.2, 0) is 15.1 Å². The van der Waals surface area contributed by atoms with Gasteiger partial charge in [0.15, 0.2) is 0 Å². The lowest BCUT2D eigenvalue weighted by Crippen LogP contribution is -2.50. The van der Waals surface area contributed by atoms with E-state index in [0.29, 0.717) is 10.0 Å². The summed E-state index contributed by atoms with van der Waals surface area (Å²) in [6.45, 7) is 1.61. The van der Waals surface area contributed by atoms with Gasteiger partial charge in [-0.15, -0.1) is 0 Å². The Bertz CT molecular complexity index is 703. The van der Waals surface area contributed by atoms with Crippen LogP contribution in [0.2, 0.25) is 10.0 Å². The zero-order valence-corrected chi connectivity index (χ0v) is 16.0. The fraction of sp³-hybridized carbons (Fsp3) is 0.500. The van der Waals surface area contributed by atoms with E-state index >= 15 is 0 Å². The Balaban J connectivity index is 2.20. The molecule has 2 amide bonds. The molecule has 2 rings (SSSR count). The number of amides is 2. The second kappa shape index (κ2) is 8.73. The monoisotopic (exact) mass is 398 g/mol. The SMILES string of the molecule is C[C@H](CC(=O)NC(=N)[O-])C(=O)NC1(c2cc(Cl)ccc2Cl)CCCCC1. The molecule has 0 radical (unpaired) electrons. The maximum Gasteiger partial charge on any atom is 0.225 e. The molecule has 0 saturated heterocycles. The third kappa shape index (κ3) is 5.11. The highest BCUT2D eigenvalue weighted by Crippen LogP contribution is 2.41. The summed E-state index contributed by atoms with van der Waals surface area (Å²) < 4.78 is 0. The van der Waals surface area contributed by atoms with Crippen LogP contribution in [-0.4, -0.2) is 17.8 Å². The maximum absolute atomic E-state index is 12.7. The van der Waals surface area contributed by atoms with Gasteiger partial charge in [0, 0.05) is 22.4 Å². The van der Waals surface area contributed by atoms with Gasteiger partial charge in [-0.2, -0.15) is 0 Å². The highest BCUT2D eigenvalue weighted by atomic mass is 35.5. The number of rotatable bonds is 5. The van der Waals surface area contributed by atoms with Gasteiger partial charge in [0.05, 0.1) is 11.6 Å². The van der Waals surface area contributed by atoms with E-state index in [0.717, 1.165) is 37.7 Å². The molecule has 1 aliphatic carbocycles. The molecular weight excluding hydrogens is 377 g/mol. The van der Waals surface area contributed by atoms with E-state index in [-0.39, 0.29) is 12.3 Å². The number of benzene rings is 1. The fourth-order valence-corrected chi connectivity index (χ4v) is 3.86. The number of amidine groups is 1. The second-order valence-corrected chi connectivity index (χ2v) is 7.58. The van der Waals surface area contributed by atoms with Crippen molar-refractivity contribution >= 4 is 41.0 Å². The predicted molar refractivity (Wildman–Crippen MR) is 99.0 cm³/mol. The third-order valence-corrected chi connectivity index (χ3v) is 5.27. The van der Waals surface area contributed by atoms with Gasteiger partial charge in [0.25, 0.3) is 0 Å². The van der Waals surface area contributed by atoms with E-state index in [2.05, 4.69) is 5.32 Å². The molecule has 0 spiro atoms. The van der Waals surface area contributed by atoms with Gasteiger partial charge < -0.3 is 15.7 Å². The molecule has 1 fully saturated rings. The Morgan fingerprint density at radius 3 is 2.54 bits per heavy atom. The summed E-state index contributed by atoms with van der Waals surface area (Å²) in [6.07, 6.45) is 4.29. The van der Waals surface area contributed by atoms with Gasteiger partial charge in [0.2, 0.25) is 11.8 Å². The van der Waals surface area contributed by atoms with Gasteiger partial charge in [-0.25, -0.2) is 0 Å². The van der Waals surface area contributed by atoms with Crippen molar-refractivity contribution in [3.63, 3.8) is 0 Å². The van der Waals surface area contributed by atoms with Crippen molar-refractivity contribution in [3.05, 3.63) is 33.8 Å². The van der Waals surface area contributed by atoms with E-state index < -0.39 is 23.4 Å². The molecule has 1 aromatic carbocycles. The number of hydrogen-bond donors (Lipinski definition) is 3. The van der Waals surface area contributed by atoms with Gasteiger partial charge in [-0.05, 0) is 36.6 Å². The van der Waals surface area contributed by atoms with Gasteiger partial charge in [-0.1, -0.05) is 49.4 Å². The zero-order valence-electron chi connectivity index (χ0n) is 14.5. The minimum absolute atomic E-state index is 0.171. The first kappa shape index (κ1) is 20.5. The van der Waals surface area contributed by atoms with Gasteiger partial charge >= 0.3 is 0 Å². The summed E-state index contributed by atoms with van der Waals surface area (Å²) >= 11 is 12.5. The quantitative estimate of drug-likeness (QED) is 0.524. The molecule has 142 valence electrons. The van der Waals surface area contributed by atoms with E-state index in [1.165, 1.54) is 0 Å². The molecule has 1 saturated carbocycles. The minimum Gasteiger partial charge on any atom is -0.846 e. The third-order valence-electron chi connectivity index (χ3n) is 4.71. The Kier molecular flexibility index (Phi) is 6.89. The van der Waals surface area contributed by atoms with E-state index in [4.69, 9.17) is 28.6 Å². The van der Waals surface area contributed by atoms with E-state index in [9.17, 15) is 14.7 Å². The summed E-state index contributed by atoms with van der Waals surface area (Å²) in [7, 11) is 0. The van der Waals surface area contributed by atoms with Crippen LogP contribution in [0.15, 0.2) is 18.2 Å². The molecule has 0 heterocycles. The summed E-state index contributed by atoms with van der Waals surface area (Å²) in [5.74, 6) is -1.59. The molecule has 6 nitrogen and oxygen atoms in total. The minimum atomic E-state index is -1.18. The van der Waals surface area contributed by atoms with E-state index in [1.54, 1.807) is 25.1 Å². The molecule has 1 aromatic rings. The van der Waals surface area contributed by atoms with Crippen molar-refractivity contribution in [1.82, 2.24) is 10.6 Å². The standard InChI is InChI=1S/C18H23Cl2N3O3/c1-11(9-15(24)22-17(21)26)16(25)23-18(7-3-2-4-8-18)13-10-12(19)5-6-14(13)20/h5-6,10-11H,2-4,7-9H2,1H3,(H,23,25)(H3,21,22,24,26)/p-1/t11-/m1/s1. The maximum atomic E-state index is 12.7. The van der Waals surface area contributed by atoms with Crippen LogP contribution in [0.5, 0.6) is 0 Å². The summed E-state index contributed by atoms with van der Waals surface area (Å²) in [5.41, 5.74) is 0.172. The summed E-state index contributed by atoms with van der Waals surface area (Å²) in [6, 6.07) is 4.03. The highest BCUT2D eigenvalue weighted by molar-refractivity contribution is 6.33. The first-order chi connectivity index (χ1) is 12.2. The van der Waals surface area contributed by atoms with Crippen LogP contribution in [0.1, 0.15) is 51.0 Å². The van der Waals surface area contributed by atoms with Crippen LogP contribution in [0.3, 0.4) is 0 Å². The lowest BCUT2D eigenvalue weighted by atomic mass is 9.76. The fourth-order valence-electron chi connectivity index (χ4n) is 3.39. The van der Waals surface area contributed by atoms with Crippen LogP contribution in [0, 0.1) is 11.3 Å². The van der Waals surface area contributed by atoms with Gasteiger partial charge in [-0.3, -0.25) is 15.0 Å². The Morgan fingerprint density at radius 1 is 1.27 bits per heavy atom. The van der Waals surface area contributed by atoms with Crippen LogP contribution in [0.4, 0.5) is 0 Å². The lowest BCUT2D eigenvalue weighted by molar-refractivity contribution is -0.223. The summed E-state index contributed by atoms with van der Waals surface area (Å²) in [5, 5.41) is 23.4. The van der Waals surface area contributed by atoms with Gasteiger partial charge in [0.1, 0.15) is 0 Å². The van der Waals surface area contributed by atoms with Crippen molar-refractivity contribution in [1.29, 1.82) is 5.41 Å². The molecule has 1 atom stereocenters. The molecular formula is C18H22Cl2N3O3-. The van der Waals surface area contributed by atoms with Crippen molar-refractivity contribution in [3.8, 4) is 0 Å². The molecule has 0 bridgehead atoms. The van der Waals surface area contributed by atoms with E-state index in [1.807, 2.05) is 5.32 Å². The number of halogens is 2. The largest absolute Gasteiger partial charge is 0.846 e. The Hall–Kier alpha value is -1.79. The van der Waals surface area contributed by atoms with Crippen molar-refractivity contribution in [2.75, 3.05) is 0 Å². The molecule has 0 aliphatic heterocycles. The average Bonchev–Trinajstić information content (AvgIpc) is 2.57. The van der Waals surface area contributed by atoms with Crippen LogP contribution < -0.4 is 15.7 Å². The number of carbonyl (C=O) groups excluding carboxylic acids is 2. The van der Waals surface area contributed by atoms with Crippen LogP contribution >= 0.6 is 23.2 Å². The number of carbonyl (C=O) groups is 2. The van der Waals surface area contributed by atoms with Crippen LogP contribution in [0.25, 0.3) is 0 Å². The smallest absolute Gasteiger partial charge is 0.225 e. The molecule has 1 aliphatic rings. The first-order valence-corrected chi connectivity index (χ1v) is 9.32. The topological polar surface area (TPSA) is 105 Å². The lowest BCUT2D eigenvalue weighted by Gasteiger charge is -2.40. The van der Waals surface area contributed by atoms with Crippen molar-refractivity contribution < 1.29 is 14.7 Å². The highest BCUT2D eigenvalue weighted by Gasteiger charge is 2.38. The zero-order chi connectivity index (χ0) is 19.3. The normalized spacial score (nSPS) is 17.2.